The first-order valence-electron chi connectivity index (χ1n) is 9.26. The number of fused-ring (bicyclic) bond motifs is 1. The van der Waals surface area contributed by atoms with E-state index in [-0.39, 0.29) is 5.56 Å². The molecule has 30 heavy (non-hydrogen) atoms. The van der Waals surface area contributed by atoms with E-state index in [1.54, 1.807) is 6.07 Å². The Morgan fingerprint density at radius 2 is 1.80 bits per heavy atom. The van der Waals surface area contributed by atoms with Gasteiger partial charge in [-0.15, -0.1) is 0 Å². The lowest BCUT2D eigenvalue weighted by atomic mass is 10.1. The van der Waals surface area contributed by atoms with E-state index >= 15 is 0 Å². The number of hydrogen-bond donors (Lipinski definition) is 1. The molecule has 4 aromatic rings. The van der Waals surface area contributed by atoms with E-state index in [0.29, 0.717) is 5.69 Å². The summed E-state index contributed by atoms with van der Waals surface area (Å²) in [5.41, 5.74) is 3.79. The van der Waals surface area contributed by atoms with E-state index in [9.17, 15) is 18.0 Å². The van der Waals surface area contributed by atoms with Crippen molar-refractivity contribution in [2.75, 3.05) is 5.32 Å². The van der Waals surface area contributed by atoms with Gasteiger partial charge in [-0.3, -0.25) is 4.79 Å². The topological polar surface area (TPSA) is 46.4 Å². The highest BCUT2D eigenvalue weighted by molar-refractivity contribution is 6.05. The third kappa shape index (κ3) is 3.78. The lowest BCUT2D eigenvalue weighted by Gasteiger charge is -2.12. The van der Waals surface area contributed by atoms with Crippen molar-refractivity contribution in [1.82, 2.24) is 9.38 Å². The number of halogens is 3. The van der Waals surface area contributed by atoms with Crippen LogP contribution in [0.2, 0.25) is 0 Å². The van der Waals surface area contributed by atoms with Crippen molar-refractivity contribution in [2.45, 2.75) is 20.0 Å². The van der Waals surface area contributed by atoms with Crippen LogP contribution < -0.4 is 5.32 Å². The van der Waals surface area contributed by atoms with Crippen LogP contribution in [0.3, 0.4) is 0 Å². The summed E-state index contributed by atoms with van der Waals surface area (Å²) in [6, 6.07) is 13.8. The SMILES string of the molecule is Cc1ccc(-c2cn3cccc(C)c3n2)cc1NC(=O)c1cccc(C(F)(F)F)c1. The van der Waals surface area contributed by atoms with Gasteiger partial charge in [-0.25, -0.2) is 4.98 Å². The molecule has 4 nitrogen and oxygen atoms in total. The van der Waals surface area contributed by atoms with Gasteiger partial charge >= 0.3 is 6.18 Å². The molecule has 152 valence electrons. The van der Waals surface area contributed by atoms with Gasteiger partial charge in [0.25, 0.3) is 5.91 Å². The summed E-state index contributed by atoms with van der Waals surface area (Å²) < 4.78 is 40.7. The Balaban J connectivity index is 1.65. The van der Waals surface area contributed by atoms with Gasteiger partial charge < -0.3 is 9.72 Å². The Bertz CT molecular complexity index is 1260. The molecule has 0 saturated heterocycles. The molecule has 0 saturated carbocycles. The Hall–Kier alpha value is -3.61. The fraction of sp³-hybridized carbons (Fsp3) is 0.130. The van der Waals surface area contributed by atoms with Gasteiger partial charge in [-0.2, -0.15) is 13.2 Å². The van der Waals surface area contributed by atoms with Crippen LogP contribution >= 0.6 is 0 Å². The molecule has 2 aromatic carbocycles. The summed E-state index contributed by atoms with van der Waals surface area (Å²) in [4.78, 5) is 17.2. The summed E-state index contributed by atoms with van der Waals surface area (Å²) in [6.45, 7) is 3.79. The maximum absolute atomic E-state index is 12.9. The van der Waals surface area contributed by atoms with Crippen LogP contribution in [0.25, 0.3) is 16.9 Å². The summed E-state index contributed by atoms with van der Waals surface area (Å²) in [5.74, 6) is -0.604. The summed E-state index contributed by atoms with van der Waals surface area (Å²) in [5, 5.41) is 2.72. The van der Waals surface area contributed by atoms with Gasteiger partial charge in [0.2, 0.25) is 0 Å². The van der Waals surface area contributed by atoms with E-state index in [4.69, 9.17) is 0 Å². The van der Waals surface area contributed by atoms with Crippen molar-refractivity contribution >= 4 is 17.2 Å². The lowest BCUT2D eigenvalue weighted by Crippen LogP contribution is -2.14. The number of alkyl halides is 3. The molecule has 2 heterocycles. The molecule has 0 aliphatic heterocycles. The van der Waals surface area contributed by atoms with Crippen molar-refractivity contribution in [3.63, 3.8) is 0 Å². The van der Waals surface area contributed by atoms with Crippen LogP contribution in [-0.2, 0) is 6.18 Å². The monoisotopic (exact) mass is 409 g/mol. The number of carbonyl (C=O) groups excluding carboxylic acids is 1. The summed E-state index contributed by atoms with van der Waals surface area (Å²) in [6.07, 6.45) is -0.706. The van der Waals surface area contributed by atoms with Crippen molar-refractivity contribution in [3.05, 3.63) is 89.2 Å². The van der Waals surface area contributed by atoms with E-state index in [1.807, 2.05) is 54.9 Å². The number of hydrogen-bond acceptors (Lipinski definition) is 2. The number of carbonyl (C=O) groups is 1. The molecule has 4 rings (SSSR count). The maximum atomic E-state index is 12.9. The van der Waals surface area contributed by atoms with Gasteiger partial charge in [0.15, 0.2) is 0 Å². The molecule has 2 aromatic heterocycles. The second kappa shape index (κ2) is 7.33. The Kier molecular flexibility index (Phi) is 4.81. The molecule has 0 bridgehead atoms. The number of nitrogens with one attached hydrogen (secondary N) is 1. The van der Waals surface area contributed by atoms with Crippen LogP contribution in [0.15, 0.2) is 67.0 Å². The van der Waals surface area contributed by atoms with E-state index in [2.05, 4.69) is 10.3 Å². The van der Waals surface area contributed by atoms with Crippen molar-refractivity contribution in [3.8, 4) is 11.3 Å². The molecule has 0 radical (unpaired) electrons. The number of aryl methyl sites for hydroxylation is 2. The second-order valence-corrected chi connectivity index (χ2v) is 7.11. The first-order chi connectivity index (χ1) is 14.2. The van der Waals surface area contributed by atoms with Crippen molar-refractivity contribution in [1.29, 1.82) is 0 Å². The average molecular weight is 409 g/mol. The summed E-state index contributed by atoms with van der Waals surface area (Å²) in [7, 11) is 0. The molecule has 0 fully saturated rings. The van der Waals surface area contributed by atoms with Gasteiger partial charge in [0.05, 0.1) is 11.3 Å². The van der Waals surface area contributed by atoms with Gasteiger partial charge in [-0.05, 0) is 55.3 Å². The highest BCUT2D eigenvalue weighted by Gasteiger charge is 2.30. The number of nitrogens with zero attached hydrogens (tertiary/aromatic N) is 2. The zero-order valence-corrected chi connectivity index (χ0v) is 16.3. The minimum atomic E-state index is -4.51. The predicted molar refractivity (Wildman–Crippen MR) is 109 cm³/mol. The van der Waals surface area contributed by atoms with Gasteiger partial charge in [0, 0.05) is 29.2 Å². The smallest absolute Gasteiger partial charge is 0.322 e. The number of pyridine rings is 1. The van der Waals surface area contributed by atoms with Crippen LogP contribution in [0, 0.1) is 13.8 Å². The van der Waals surface area contributed by atoms with E-state index in [0.717, 1.165) is 40.2 Å². The highest BCUT2D eigenvalue weighted by atomic mass is 19.4. The van der Waals surface area contributed by atoms with Gasteiger partial charge in [-0.1, -0.05) is 24.3 Å². The molecule has 1 amide bonds. The number of imidazole rings is 1. The highest BCUT2D eigenvalue weighted by Crippen LogP contribution is 2.30. The van der Waals surface area contributed by atoms with Gasteiger partial charge in [0.1, 0.15) is 5.65 Å². The first-order valence-corrected chi connectivity index (χ1v) is 9.26. The number of anilines is 1. The van der Waals surface area contributed by atoms with E-state index in [1.165, 1.54) is 12.1 Å². The van der Waals surface area contributed by atoms with Crippen molar-refractivity contribution < 1.29 is 18.0 Å². The number of benzene rings is 2. The third-order valence-electron chi connectivity index (χ3n) is 4.91. The molecule has 1 N–H and O–H groups in total. The van der Waals surface area contributed by atoms with Crippen LogP contribution in [-0.4, -0.2) is 15.3 Å². The quantitative estimate of drug-likeness (QED) is 0.459. The van der Waals surface area contributed by atoms with Crippen LogP contribution in [0.4, 0.5) is 18.9 Å². The fourth-order valence-corrected chi connectivity index (χ4v) is 3.24. The largest absolute Gasteiger partial charge is 0.416 e. The standard InChI is InChI=1S/C23H18F3N3O/c1-14-8-9-16(20-13-29-10-4-5-15(2)21(29)27-20)12-19(14)28-22(30)17-6-3-7-18(11-17)23(24,25)26/h3-13H,1-2H3,(H,28,30). The molecule has 0 spiro atoms. The normalized spacial score (nSPS) is 11.6. The average Bonchev–Trinajstić information content (AvgIpc) is 3.15. The number of amides is 1. The van der Waals surface area contributed by atoms with Crippen molar-refractivity contribution in [2.24, 2.45) is 0 Å². The maximum Gasteiger partial charge on any atom is 0.416 e. The molecule has 0 aliphatic rings. The molecule has 0 atom stereocenters. The Morgan fingerprint density at radius 3 is 2.53 bits per heavy atom. The molecule has 0 aliphatic carbocycles. The minimum absolute atomic E-state index is 0.0574. The first kappa shape index (κ1) is 19.7. The zero-order valence-electron chi connectivity index (χ0n) is 16.3. The Labute approximate surface area is 171 Å². The Morgan fingerprint density at radius 1 is 1.00 bits per heavy atom. The molecule has 0 unspecified atom stereocenters. The number of aromatic nitrogens is 2. The molecule has 7 heteroatoms. The van der Waals surface area contributed by atoms with E-state index < -0.39 is 17.6 Å². The van der Waals surface area contributed by atoms with Crippen LogP contribution in [0.1, 0.15) is 27.0 Å². The number of rotatable bonds is 3. The zero-order chi connectivity index (χ0) is 21.5. The lowest BCUT2D eigenvalue weighted by molar-refractivity contribution is -0.137. The van der Waals surface area contributed by atoms with Crippen LogP contribution in [0.5, 0.6) is 0 Å². The predicted octanol–water partition coefficient (Wildman–Crippen LogP) is 5.89. The molecular weight excluding hydrogens is 391 g/mol. The third-order valence-corrected chi connectivity index (χ3v) is 4.91. The minimum Gasteiger partial charge on any atom is -0.322 e. The fourth-order valence-electron chi connectivity index (χ4n) is 3.24. The molecular formula is C23H18F3N3O. The second-order valence-electron chi connectivity index (χ2n) is 7.11. The summed E-state index contributed by atoms with van der Waals surface area (Å²) >= 11 is 0.